The van der Waals surface area contributed by atoms with Gasteiger partial charge in [-0.3, -0.25) is 4.99 Å². The van der Waals surface area contributed by atoms with Crippen LogP contribution in [0.25, 0.3) is 0 Å². The minimum absolute atomic E-state index is 0. The number of aliphatic hydroxyl groups is 1. The Kier molecular flexibility index (Phi) is 8.43. The van der Waals surface area contributed by atoms with Crippen molar-refractivity contribution in [3.05, 3.63) is 59.0 Å². The van der Waals surface area contributed by atoms with Gasteiger partial charge < -0.3 is 19.7 Å². The van der Waals surface area contributed by atoms with Gasteiger partial charge >= 0.3 is 0 Å². The maximum Gasteiger partial charge on any atom is 0.193 e. The lowest BCUT2D eigenvalue weighted by molar-refractivity contribution is 0.179. The summed E-state index contributed by atoms with van der Waals surface area (Å²) >= 11 is 5.84. The lowest BCUT2D eigenvalue weighted by Crippen LogP contribution is -2.40. The second-order valence-electron chi connectivity index (χ2n) is 4.93. The molecule has 126 valence electrons. The summed E-state index contributed by atoms with van der Waals surface area (Å²) in [7, 11) is 3.61. The third-order valence-corrected chi connectivity index (χ3v) is 3.51. The number of nitrogens with one attached hydrogen (secondary N) is 1. The predicted octanol–water partition coefficient (Wildman–Crippen LogP) is 3.29. The first-order valence-electron chi connectivity index (χ1n) is 6.98. The summed E-state index contributed by atoms with van der Waals surface area (Å²) in [5.74, 6) is 1.54. The Morgan fingerprint density at radius 2 is 2.04 bits per heavy atom. The molecule has 7 heteroatoms. The second kappa shape index (κ2) is 9.79. The molecule has 2 rings (SSSR count). The molecule has 1 aromatic heterocycles. The van der Waals surface area contributed by atoms with Crippen molar-refractivity contribution >= 4 is 41.5 Å². The van der Waals surface area contributed by atoms with Gasteiger partial charge in [-0.1, -0.05) is 23.7 Å². The van der Waals surface area contributed by atoms with Gasteiger partial charge in [0.2, 0.25) is 0 Å². The zero-order valence-corrected chi connectivity index (χ0v) is 16.2. The Morgan fingerprint density at radius 1 is 1.35 bits per heavy atom. The summed E-state index contributed by atoms with van der Waals surface area (Å²) in [5, 5.41) is 14.0. The number of halogens is 2. The molecule has 1 unspecified atom stereocenters. The first kappa shape index (κ1) is 19.8. The highest BCUT2D eigenvalue weighted by Crippen LogP contribution is 2.15. The molecule has 0 radical (unpaired) electrons. The van der Waals surface area contributed by atoms with E-state index in [1.807, 2.05) is 36.2 Å². The number of rotatable bonds is 5. The van der Waals surface area contributed by atoms with Crippen LogP contribution in [-0.2, 0) is 6.54 Å². The normalized spacial score (nSPS) is 12.4. The average Bonchev–Trinajstić information content (AvgIpc) is 3.01. The summed E-state index contributed by atoms with van der Waals surface area (Å²) in [6, 6.07) is 10.9. The van der Waals surface area contributed by atoms with Crippen molar-refractivity contribution in [2.45, 2.75) is 12.6 Å². The van der Waals surface area contributed by atoms with E-state index in [1.54, 1.807) is 25.4 Å². The molecule has 0 aliphatic heterocycles. The minimum Gasteiger partial charge on any atom is -0.467 e. The maximum absolute atomic E-state index is 10.2. The maximum atomic E-state index is 10.2. The lowest BCUT2D eigenvalue weighted by atomic mass is 10.1. The van der Waals surface area contributed by atoms with Crippen molar-refractivity contribution in [2.24, 2.45) is 4.99 Å². The topological polar surface area (TPSA) is 61.0 Å². The number of aliphatic hydroxyl groups excluding tert-OH is 1. The zero-order valence-electron chi connectivity index (χ0n) is 13.1. The van der Waals surface area contributed by atoms with Gasteiger partial charge in [0, 0.05) is 25.7 Å². The lowest BCUT2D eigenvalue weighted by Gasteiger charge is -2.22. The summed E-state index contributed by atoms with van der Waals surface area (Å²) in [6.07, 6.45) is 1.01. The third-order valence-electron chi connectivity index (χ3n) is 3.25. The average molecular weight is 450 g/mol. The molecule has 1 heterocycles. The summed E-state index contributed by atoms with van der Waals surface area (Å²) in [6.45, 7) is 0.959. The van der Waals surface area contributed by atoms with Gasteiger partial charge in [0.1, 0.15) is 5.76 Å². The fraction of sp³-hybridized carbons (Fsp3) is 0.312. The highest BCUT2D eigenvalue weighted by Gasteiger charge is 2.12. The van der Waals surface area contributed by atoms with Crippen LogP contribution in [0.15, 0.2) is 52.1 Å². The van der Waals surface area contributed by atoms with Crippen molar-refractivity contribution in [3.63, 3.8) is 0 Å². The molecule has 0 saturated carbocycles. The molecule has 0 aliphatic carbocycles. The van der Waals surface area contributed by atoms with Crippen LogP contribution in [0.3, 0.4) is 0 Å². The Hall–Kier alpha value is -1.25. The van der Waals surface area contributed by atoms with E-state index in [0.29, 0.717) is 24.1 Å². The van der Waals surface area contributed by atoms with Crippen LogP contribution in [0.2, 0.25) is 5.02 Å². The summed E-state index contributed by atoms with van der Waals surface area (Å²) < 4.78 is 5.32. The predicted molar refractivity (Wildman–Crippen MR) is 103 cm³/mol. The van der Waals surface area contributed by atoms with Crippen molar-refractivity contribution in [3.8, 4) is 0 Å². The minimum atomic E-state index is -0.633. The van der Waals surface area contributed by atoms with E-state index >= 15 is 0 Å². The highest BCUT2D eigenvalue weighted by atomic mass is 127. The first-order valence-corrected chi connectivity index (χ1v) is 7.35. The molecule has 0 aliphatic rings. The van der Waals surface area contributed by atoms with Crippen LogP contribution >= 0.6 is 35.6 Å². The molecule has 5 nitrogen and oxygen atoms in total. The van der Waals surface area contributed by atoms with Gasteiger partial charge in [-0.05, 0) is 29.8 Å². The van der Waals surface area contributed by atoms with E-state index in [-0.39, 0.29) is 24.0 Å². The number of hydrogen-bond acceptors (Lipinski definition) is 3. The second-order valence-corrected chi connectivity index (χ2v) is 5.37. The molecule has 1 aromatic carbocycles. The molecular formula is C16H21ClIN3O2. The van der Waals surface area contributed by atoms with Crippen molar-refractivity contribution in [1.82, 2.24) is 10.2 Å². The van der Waals surface area contributed by atoms with Gasteiger partial charge in [0.25, 0.3) is 0 Å². The molecule has 1 atom stereocenters. The van der Waals surface area contributed by atoms with Crippen molar-refractivity contribution in [1.29, 1.82) is 0 Å². The van der Waals surface area contributed by atoms with Gasteiger partial charge in [-0.15, -0.1) is 24.0 Å². The van der Waals surface area contributed by atoms with E-state index < -0.39 is 6.10 Å². The van der Waals surface area contributed by atoms with Crippen LogP contribution in [0.5, 0.6) is 0 Å². The smallest absolute Gasteiger partial charge is 0.193 e. The molecule has 0 saturated heterocycles. The fourth-order valence-electron chi connectivity index (χ4n) is 2.09. The summed E-state index contributed by atoms with van der Waals surface area (Å²) in [5.41, 5.74) is 0.807. The van der Waals surface area contributed by atoms with Crippen LogP contribution in [0.1, 0.15) is 17.4 Å². The standard InChI is InChI=1S/C16H20ClN3O2.HI/c1-18-16(20(2)11-14-4-3-9-22-14)19-10-15(21)12-5-7-13(17)8-6-12;/h3-9,15,21H,10-11H2,1-2H3,(H,18,19);1H. The van der Waals surface area contributed by atoms with Gasteiger partial charge in [0.05, 0.1) is 18.9 Å². The van der Waals surface area contributed by atoms with Crippen LogP contribution in [0.4, 0.5) is 0 Å². The SMILES string of the molecule is CN=C(NCC(O)c1ccc(Cl)cc1)N(C)Cc1ccco1.I. The number of hydrogen-bond donors (Lipinski definition) is 2. The Morgan fingerprint density at radius 3 is 2.61 bits per heavy atom. The van der Waals surface area contributed by atoms with Crippen molar-refractivity contribution in [2.75, 3.05) is 20.6 Å². The number of furan rings is 1. The molecule has 0 fully saturated rings. The number of nitrogens with zero attached hydrogens (tertiary/aromatic N) is 2. The molecule has 0 spiro atoms. The first-order chi connectivity index (χ1) is 10.6. The molecule has 0 amide bonds. The Labute approximate surface area is 158 Å². The summed E-state index contributed by atoms with van der Waals surface area (Å²) in [4.78, 5) is 6.13. The molecule has 23 heavy (non-hydrogen) atoms. The van der Waals surface area contributed by atoms with Gasteiger partial charge in [-0.25, -0.2) is 0 Å². The molecule has 2 aromatic rings. The number of benzene rings is 1. The monoisotopic (exact) mass is 449 g/mol. The molecular weight excluding hydrogens is 429 g/mol. The van der Waals surface area contributed by atoms with E-state index in [4.69, 9.17) is 16.0 Å². The quantitative estimate of drug-likeness (QED) is 0.418. The van der Waals surface area contributed by atoms with E-state index in [9.17, 15) is 5.11 Å². The molecule has 2 N–H and O–H groups in total. The van der Waals surface area contributed by atoms with E-state index in [0.717, 1.165) is 11.3 Å². The third kappa shape index (κ3) is 6.04. The largest absolute Gasteiger partial charge is 0.467 e. The Balaban J connectivity index is 0.00000264. The van der Waals surface area contributed by atoms with Crippen LogP contribution in [-0.4, -0.2) is 36.6 Å². The number of aliphatic imine (C=N–C) groups is 1. The highest BCUT2D eigenvalue weighted by molar-refractivity contribution is 14.0. The van der Waals surface area contributed by atoms with Crippen LogP contribution in [0, 0.1) is 0 Å². The van der Waals surface area contributed by atoms with Crippen LogP contribution < -0.4 is 5.32 Å². The van der Waals surface area contributed by atoms with E-state index in [2.05, 4.69) is 10.3 Å². The van der Waals surface area contributed by atoms with Gasteiger partial charge in [-0.2, -0.15) is 0 Å². The Bertz CT molecular complexity index is 602. The number of guanidine groups is 1. The van der Waals surface area contributed by atoms with Crippen molar-refractivity contribution < 1.29 is 9.52 Å². The fourth-order valence-corrected chi connectivity index (χ4v) is 2.21. The van der Waals surface area contributed by atoms with Gasteiger partial charge in [0.15, 0.2) is 5.96 Å². The van der Waals surface area contributed by atoms with E-state index in [1.165, 1.54) is 0 Å². The molecule has 0 bridgehead atoms. The zero-order chi connectivity index (χ0) is 15.9.